The summed E-state index contributed by atoms with van der Waals surface area (Å²) in [4.78, 5) is 21.3. The predicted octanol–water partition coefficient (Wildman–Crippen LogP) is 3.12. The average Bonchev–Trinajstić information content (AvgIpc) is 2.71. The SMILES string of the molecule is CCOc1nc(Nc2cc(C)c(C3CN(C=O)CCO3)cc2OC)ncc1Cl. The van der Waals surface area contributed by atoms with E-state index in [9.17, 15) is 4.79 Å². The van der Waals surface area contributed by atoms with Crippen LogP contribution in [-0.4, -0.2) is 54.7 Å². The molecule has 28 heavy (non-hydrogen) atoms. The zero-order valence-electron chi connectivity index (χ0n) is 16.1. The lowest BCUT2D eigenvalue weighted by Crippen LogP contribution is -2.37. The second-order valence-corrected chi connectivity index (χ2v) is 6.68. The Balaban J connectivity index is 1.87. The molecule has 1 aliphatic rings. The third-order valence-electron chi connectivity index (χ3n) is 4.42. The summed E-state index contributed by atoms with van der Waals surface area (Å²) < 4.78 is 16.8. The van der Waals surface area contributed by atoms with E-state index >= 15 is 0 Å². The number of nitrogens with one attached hydrogen (secondary N) is 1. The quantitative estimate of drug-likeness (QED) is 0.707. The van der Waals surface area contributed by atoms with Crippen LogP contribution in [0.3, 0.4) is 0 Å². The van der Waals surface area contributed by atoms with Crippen LogP contribution >= 0.6 is 11.6 Å². The minimum absolute atomic E-state index is 0.196. The summed E-state index contributed by atoms with van der Waals surface area (Å²) in [6, 6.07) is 3.85. The molecule has 0 saturated carbocycles. The van der Waals surface area contributed by atoms with Crippen LogP contribution in [0, 0.1) is 6.92 Å². The number of benzene rings is 1. The second-order valence-electron chi connectivity index (χ2n) is 6.27. The lowest BCUT2D eigenvalue weighted by molar-refractivity contribution is -0.125. The number of carbonyl (C=O) groups is 1. The number of nitrogens with zero attached hydrogens (tertiary/aromatic N) is 3. The van der Waals surface area contributed by atoms with E-state index in [1.165, 1.54) is 6.20 Å². The van der Waals surface area contributed by atoms with Gasteiger partial charge in [0.1, 0.15) is 16.9 Å². The number of carbonyl (C=O) groups excluding carboxylic acids is 1. The number of methoxy groups -OCH3 is 1. The molecule has 1 N–H and O–H groups in total. The highest BCUT2D eigenvalue weighted by Crippen LogP contribution is 2.35. The highest BCUT2D eigenvalue weighted by Gasteiger charge is 2.24. The molecule has 1 atom stereocenters. The number of rotatable bonds is 7. The molecule has 1 aromatic carbocycles. The Morgan fingerprint density at radius 1 is 1.46 bits per heavy atom. The topological polar surface area (TPSA) is 85.8 Å². The Kier molecular flexibility index (Phi) is 6.53. The van der Waals surface area contributed by atoms with Crippen molar-refractivity contribution in [2.75, 3.05) is 38.7 Å². The van der Waals surface area contributed by atoms with Gasteiger partial charge in [-0.05, 0) is 37.1 Å². The molecule has 0 bridgehead atoms. The van der Waals surface area contributed by atoms with Gasteiger partial charge in [-0.25, -0.2) is 4.98 Å². The number of anilines is 2. The van der Waals surface area contributed by atoms with Crippen molar-refractivity contribution in [3.8, 4) is 11.6 Å². The van der Waals surface area contributed by atoms with Crippen molar-refractivity contribution in [3.63, 3.8) is 0 Å². The number of hydrogen-bond donors (Lipinski definition) is 1. The molecule has 1 fully saturated rings. The van der Waals surface area contributed by atoms with Gasteiger partial charge in [0.25, 0.3) is 0 Å². The fourth-order valence-electron chi connectivity index (χ4n) is 3.04. The lowest BCUT2D eigenvalue weighted by atomic mass is 10.0. The van der Waals surface area contributed by atoms with E-state index in [0.29, 0.717) is 54.6 Å². The Morgan fingerprint density at radius 3 is 3.00 bits per heavy atom. The number of halogens is 1. The Bertz CT molecular complexity index is 849. The van der Waals surface area contributed by atoms with E-state index in [4.69, 9.17) is 25.8 Å². The van der Waals surface area contributed by atoms with Crippen LogP contribution in [0.15, 0.2) is 18.3 Å². The van der Waals surface area contributed by atoms with Crippen LogP contribution in [0.5, 0.6) is 11.6 Å². The molecule has 0 aliphatic carbocycles. The Labute approximate surface area is 168 Å². The summed E-state index contributed by atoms with van der Waals surface area (Å²) in [6.45, 7) is 5.91. The van der Waals surface area contributed by atoms with E-state index in [1.54, 1.807) is 12.0 Å². The van der Waals surface area contributed by atoms with Gasteiger partial charge in [-0.15, -0.1) is 0 Å². The number of aromatic nitrogens is 2. The number of aryl methyl sites for hydroxylation is 1. The van der Waals surface area contributed by atoms with Gasteiger partial charge in [0, 0.05) is 6.54 Å². The van der Waals surface area contributed by atoms with Crippen molar-refractivity contribution >= 4 is 29.6 Å². The maximum atomic E-state index is 11.1. The van der Waals surface area contributed by atoms with Gasteiger partial charge < -0.3 is 24.4 Å². The highest BCUT2D eigenvalue weighted by molar-refractivity contribution is 6.31. The van der Waals surface area contributed by atoms with Gasteiger partial charge in [0.15, 0.2) is 0 Å². The molecule has 0 spiro atoms. The molecule has 1 aromatic heterocycles. The van der Waals surface area contributed by atoms with Gasteiger partial charge in [-0.1, -0.05) is 11.6 Å². The first-order chi connectivity index (χ1) is 13.5. The summed E-state index contributed by atoms with van der Waals surface area (Å²) in [5.74, 6) is 1.28. The second kappa shape index (κ2) is 9.07. The Hall–Kier alpha value is -2.58. The van der Waals surface area contributed by atoms with Gasteiger partial charge in [-0.3, -0.25) is 4.79 Å². The summed E-state index contributed by atoms with van der Waals surface area (Å²) in [6.07, 6.45) is 2.14. The fourth-order valence-corrected chi connectivity index (χ4v) is 3.19. The van der Waals surface area contributed by atoms with E-state index in [1.807, 2.05) is 26.0 Å². The molecule has 2 aromatic rings. The van der Waals surface area contributed by atoms with Gasteiger partial charge in [-0.2, -0.15) is 4.98 Å². The first-order valence-corrected chi connectivity index (χ1v) is 9.35. The largest absolute Gasteiger partial charge is 0.495 e. The summed E-state index contributed by atoms with van der Waals surface area (Å²) in [5, 5.41) is 3.49. The van der Waals surface area contributed by atoms with E-state index < -0.39 is 0 Å². The number of amides is 1. The molecule has 8 nitrogen and oxygen atoms in total. The highest BCUT2D eigenvalue weighted by atomic mass is 35.5. The van der Waals surface area contributed by atoms with Crippen molar-refractivity contribution in [1.82, 2.24) is 14.9 Å². The van der Waals surface area contributed by atoms with Gasteiger partial charge >= 0.3 is 0 Å². The van der Waals surface area contributed by atoms with E-state index in [0.717, 1.165) is 17.5 Å². The zero-order chi connectivity index (χ0) is 20.1. The van der Waals surface area contributed by atoms with E-state index in [-0.39, 0.29) is 6.10 Å². The molecule has 1 unspecified atom stereocenters. The maximum absolute atomic E-state index is 11.1. The number of hydrogen-bond acceptors (Lipinski definition) is 7. The third-order valence-corrected chi connectivity index (χ3v) is 4.68. The molecular formula is C19H23ClN4O4. The van der Waals surface area contributed by atoms with Crippen molar-refractivity contribution in [1.29, 1.82) is 0 Å². The first-order valence-electron chi connectivity index (χ1n) is 8.97. The van der Waals surface area contributed by atoms with Crippen molar-refractivity contribution in [2.45, 2.75) is 20.0 Å². The summed E-state index contributed by atoms with van der Waals surface area (Å²) >= 11 is 6.05. The molecule has 1 aliphatic heterocycles. The fraction of sp³-hybridized carbons (Fsp3) is 0.421. The summed E-state index contributed by atoms with van der Waals surface area (Å²) in [5.41, 5.74) is 2.68. The molecule has 0 radical (unpaired) electrons. The third kappa shape index (κ3) is 4.45. The predicted molar refractivity (Wildman–Crippen MR) is 106 cm³/mol. The minimum atomic E-state index is -0.196. The standard InChI is InChI=1S/C19H23ClN4O4/c1-4-27-18-14(20)9-21-19(23-18)22-15-7-12(2)13(8-16(15)26-3)17-10-24(11-25)5-6-28-17/h7-9,11,17H,4-6,10H2,1-3H3,(H,21,22,23). The smallest absolute Gasteiger partial charge is 0.237 e. The van der Waals surface area contributed by atoms with Crippen LogP contribution < -0.4 is 14.8 Å². The number of ether oxygens (including phenoxy) is 3. The Morgan fingerprint density at radius 2 is 2.29 bits per heavy atom. The van der Waals surface area contributed by atoms with E-state index in [2.05, 4.69) is 15.3 Å². The van der Waals surface area contributed by atoms with Crippen LogP contribution in [-0.2, 0) is 9.53 Å². The minimum Gasteiger partial charge on any atom is -0.495 e. The first kappa shape index (κ1) is 20.2. The van der Waals surface area contributed by atoms with Crippen LogP contribution in [0.4, 0.5) is 11.6 Å². The average molecular weight is 407 g/mol. The van der Waals surface area contributed by atoms with Crippen LogP contribution in [0.25, 0.3) is 0 Å². The van der Waals surface area contributed by atoms with Gasteiger partial charge in [0.05, 0.1) is 38.8 Å². The summed E-state index contributed by atoms with van der Waals surface area (Å²) in [7, 11) is 1.59. The molecule has 9 heteroatoms. The van der Waals surface area contributed by atoms with Crippen LogP contribution in [0.2, 0.25) is 5.02 Å². The molecule has 1 saturated heterocycles. The normalized spacial score (nSPS) is 16.6. The lowest BCUT2D eigenvalue weighted by Gasteiger charge is -2.31. The molecule has 150 valence electrons. The molecule has 1 amide bonds. The number of morpholine rings is 1. The zero-order valence-corrected chi connectivity index (χ0v) is 16.8. The van der Waals surface area contributed by atoms with Gasteiger partial charge in [0.2, 0.25) is 18.2 Å². The maximum Gasteiger partial charge on any atom is 0.237 e. The monoisotopic (exact) mass is 406 g/mol. The van der Waals surface area contributed by atoms with Crippen molar-refractivity contribution in [2.24, 2.45) is 0 Å². The van der Waals surface area contributed by atoms with Crippen molar-refractivity contribution < 1.29 is 19.0 Å². The molecule has 2 heterocycles. The molecule has 3 rings (SSSR count). The van der Waals surface area contributed by atoms with Crippen molar-refractivity contribution in [3.05, 3.63) is 34.5 Å². The van der Waals surface area contributed by atoms with Crippen LogP contribution in [0.1, 0.15) is 24.2 Å². The molecular weight excluding hydrogens is 384 g/mol.